The minimum Gasteiger partial charge on any atom is -0.316 e. The van der Waals surface area contributed by atoms with Gasteiger partial charge in [-0.25, -0.2) is 9.97 Å². The van der Waals surface area contributed by atoms with Crippen molar-refractivity contribution < 1.29 is 0 Å². The van der Waals surface area contributed by atoms with Crippen molar-refractivity contribution in [1.29, 1.82) is 0 Å². The summed E-state index contributed by atoms with van der Waals surface area (Å²) in [5, 5.41) is 7.14. The molecule has 7 aromatic carbocycles. The summed E-state index contributed by atoms with van der Waals surface area (Å²) in [7, 11) is 0. The van der Waals surface area contributed by atoms with E-state index in [-0.39, 0.29) is 0 Å². The van der Waals surface area contributed by atoms with Crippen LogP contribution in [0.2, 0.25) is 0 Å². The number of hydrogen-bond donors (Lipinski definition) is 0. The van der Waals surface area contributed by atoms with Gasteiger partial charge in [0.1, 0.15) is 0 Å². The molecule has 0 atom stereocenters. The van der Waals surface area contributed by atoms with Crippen LogP contribution >= 0.6 is 11.3 Å². The molecule has 11 rings (SSSR count). The Morgan fingerprint density at radius 1 is 0.431 bits per heavy atom. The van der Waals surface area contributed by atoms with Crippen molar-refractivity contribution in [2.45, 2.75) is 0 Å². The molecule has 0 spiro atoms. The van der Waals surface area contributed by atoms with Crippen LogP contribution in [0.1, 0.15) is 0 Å². The van der Waals surface area contributed by atoms with Crippen molar-refractivity contribution in [3.63, 3.8) is 0 Å². The fourth-order valence-electron chi connectivity index (χ4n) is 7.80. The summed E-state index contributed by atoms with van der Waals surface area (Å²) in [5.74, 6) is 0.663. The van der Waals surface area contributed by atoms with E-state index >= 15 is 0 Å². The Kier molecular flexibility index (Phi) is 6.09. The average Bonchev–Trinajstić information content (AvgIpc) is 3.89. The van der Waals surface area contributed by atoms with E-state index < -0.39 is 0 Å². The summed E-state index contributed by atoms with van der Waals surface area (Å²) >= 11 is 1.84. The molecule has 4 nitrogen and oxygen atoms in total. The molecule has 0 saturated heterocycles. The van der Waals surface area contributed by atoms with Gasteiger partial charge < -0.3 is 4.57 Å². The number of nitrogens with zero attached hydrogens (tertiary/aromatic N) is 4. The van der Waals surface area contributed by atoms with Crippen molar-refractivity contribution in [2.24, 2.45) is 0 Å². The zero-order valence-electron chi connectivity index (χ0n) is 27.4. The van der Waals surface area contributed by atoms with Gasteiger partial charge in [0, 0.05) is 59.2 Å². The molecular weight excluding hydrogens is 641 g/mol. The third kappa shape index (κ3) is 4.32. The van der Waals surface area contributed by atoms with Gasteiger partial charge in [0.25, 0.3) is 0 Å². The van der Waals surface area contributed by atoms with E-state index in [0.29, 0.717) is 5.95 Å². The lowest BCUT2D eigenvalue weighted by atomic mass is 10.0. The Hall–Kier alpha value is -6.56. The van der Waals surface area contributed by atoms with E-state index in [4.69, 9.17) is 9.97 Å². The maximum atomic E-state index is 5.46. The second kappa shape index (κ2) is 11.0. The fourth-order valence-corrected chi connectivity index (χ4v) is 8.92. The molecule has 0 aliphatic heterocycles. The first-order chi connectivity index (χ1) is 25.3. The second-order valence-corrected chi connectivity index (χ2v) is 14.1. The highest BCUT2D eigenvalue weighted by atomic mass is 32.1. The van der Waals surface area contributed by atoms with Gasteiger partial charge in [-0.15, -0.1) is 11.3 Å². The maximum absolute atomic E-state index is 5.46. The molecule has 11 aromatic rings. The Bertz CT molecular complexity index is 3120. The summed E-state index contributed by atoms with van der Waals surface area (Å²) in [6.45, 7) is 0. The van der Waals surface area contributed by atoms with Crippen LogP contribution in [-0.4, -0.2) is 19.1 Å². The zero-order valence-corrected chi connectivity index (χ0v) is 28.2. The van der Waals surface area contributed by atoms with E-state index in [0.717, 1.165) is 49.8 Å². The third-order valence-electron chi connectivity index (χ3n) is 10.2. The Balaban J connectivity index is 1.23. The lowest BCUT2D eigenvalue weighted by molar-refractivity contribution is 1.02. The number of benzene rings is 7. The number of para-hydroxylation sites is 2. The first-order valence-electron chi connectivity index (χ1n) is 17.2. The molecule has 0 radical (unpaired) electrons. The molecule has 0 amide bonds. The molecule has 238 valence electrons. The largest absolute Gasteiger partial charge is 0.316 e. The molecule has 5 heteroatoms. The highest BCUT2D eigenvalue weighted by Gasteiger charge is 2.22. The van der Waals surface area contributed by atoms with Crippen LogP contribution in [0.15, 0.2) is 170 Å². The summed E-state index contributed by atoms with van der Waals surface area (Å²) in [4.78, 5) is 10.8. The minimum absolute atomic E-state index is 0.663. The van der Waals surface area contributed by atoms with Gasteiger partial charge in [0.15, 0.2) is 0 Å². The first-order valence-corrected chi connectivity index (χ1v) is 18.0. The van der Waals surface area contributed by atoms with Gasteiger partial charge in [0.05, 0.1) is 27.8 Å². The van der Waals surface area contributed by atoms with E-state index in [1.54, 1.807) is 0 Å². The van der Waals surface area contributed by atoms with Crippen LogP contribution in [0.3, 0.4) is 0 Å². The smallest absolute Gasteiger partial charge is 0.235 e. The molecule has 51 heavy (non-hydrogen) atoms. The SMILES string of the molecule is c1ccc(-c2ccc(-c3nc(-n4c5cc6sc7ccccc7c6cc5c5ccc6c(ccn6-c6ccccc6)c54)nc4ccccc34)cc2)cc1. The number of thiophene rings is 1. The van der Waals surface area contributed by atoms with Crippen LogP contribution in [0.5, 0.6) is 0 Å². The summed E-state index contributed by atoms with van der Waals surface area (Å²) < 4.78 is 7.12. The van der Waals surface area contributed by atoms with Crippen molar-refractivity contribution in [2.75, 3.05) is 0 Å². The number of rotatable bonds is 4. The number of aromatic nitrogens is 4. The highest BCUT2D eigenvalue weighted by Crippen LogP contribution is 2.43. The van der Waals surface area contributed by atoms with Gasteiger partial charge >= 0.3 is 0 Å². The molecule has 0 aliphatic rings. The van der Waals surface area contributed by atoms with Gasteiger partial charge in [0.2, 0.25) is 5.95 Å². The van der Waals surface area contributed by atoms with Crippen LogP contribution < -0.4 is 0 Å². The average molecular weight is 669 g/mol. The fraction of sp³-hybridized carbons (Fsp3) is 0. The quantitative estimate of drug-likeness (QED) is 0.187. The van der Waals surface area contributed by atoms with Crippen molar-refractivity contribution in [1.82, 2.24) is 19.1 Å². The van der Waals surface area contributed by atoms with Gasteiger partial charge in [-0.1, -0.05) is 115 Å². The van der Waals surface area contributed by atoms with E-state index in [1.807, 2.05) is 11.3 Å². The van der Waals surface area contributed by atoms with Crippen molar-refractivity contribution in [3.8, 4) is 34.0 Å². The van der Waals surface area contributed by atoms with Crippen LogP contribution in [0.25, 0.3) is 97.8 Å². The van der Waals surface area contributed by atoms with Gasteiger partial charge in [-0.2, -0.15) is 0 Å². The highest BCUT2D eigenvalue weighted by molar-refractivity contribution is 7.25. The Morgan fingerprint density at radius 2 is 1.14 bits per heavy atom. The Labute approximate surface area is 297 Å². The molecule has 4 aromatic heterocycles. The van der Waals surface area contributed by atoms with E-state index in [9.17, 15) is 0 Å². The lowest BCUT2D eigenvalue weighted by Crippen LogP contribution is -2.03. The standard InChI is InChI=1S/C46H28N4S/c1-3-11-29(12-4-1)30-19-21-31(22-20-30)44-35-16-7-9-17-39(35)47-46(48-44)50-41-28-43-38(33-15-8-10-18-42(33)51-43)27-37(41)34-23-24-40-36(45(34)50)25-26-49(40)32-13-5-2-6-14-32/h1-28H. The maximum Gasteiger partial charge on any atom is 0.235 e. The monoisotopic (exact) mass is 668 g/mol. The molecular formula is C46H28N4S. The van der Waals surface area contributed by atoms with Gasteiger partial charge in [-0.05, 0) is 59.7 Å². The summed E-state index contributed by atoms with van der Waals surface area (Å²) in [5.41, 5.74) is 9.75. The zero-order chi connectivity index (χ0) is 33.5. The molecule has 0 unspecified atom stereocenters. The lowest BCUT2D eigenvalue weighted by Gasteiger charge is -2.13. The van der Waals surface area contributed by atoms with Crippen molar-refractivity contribution in [3.05, 3.63) is 170 Å². The molecule has 0 N–H and O–H groups in total. The van der Waals surface area contributed by atoms with Crippen LogP contribution in [-0.2, 0) is 0 Å². The molecule has 0 bridgehead atoms. The number of fused-ring (bicyclic) bond motifs is 9. The van der Waals surface area contributed by atoms with E-state index in [1.165, 1.54) is 42.1 Å². The first kappa shape index (κ1) is 28.3. The molecule has 0 fully saturated rings. The summed E-state index contributed by atoms with van der Waals surface area (Å²) in [6.07, 6.45) is 2.18. The third-order valence-corrected chi connectivity index (χ3v) is 11.3. The normalized spacial score (nSPS) is 11.9. The minimum atomic E-state index is 0.663. The molecule has 0 saturated carbocycles. The molecule has 0 aliphatic carbocycles. The van der Waals surface area contributed by atoms with Crippen LogP contribution in [0.4, 0.5) is 0 Å². The molecule has 4 heterocycles. The van der Waals surface area contributed by atoms with Crippen molar-refractivity contribution >= 4 is 75.1 Å². The second-order valence-electron chi connectivity index (χ2n) is 13.0. The number of hydrogen-bond acceptors (Lipinski definition) is 3. The van der Waals surface area contributed by atoms with Gasteiger partial charge in [-0.3, -0.25) is 4.57 Å². The Morgan fingerprint density at radius 3 is 1.98 bits per heavy atom. The predicted molar refractivity (Wildman–Crippen MR) is 214 cm³/mol. The van der Waals surface area contributed by atoms with E-state index in [2.05, 4.69) is 179 Å². The summed E-state index contributed by atoms with van der Waals surface area (Å²) in [6, 6.07) is 58.4. The predicted octanol–water partition coefficient (Wildman–Crippen LogP) is 12.4. The topological polar surface area (TPSA) is 35.6 Å². The van der Waals surface area contributed by atoms with Crippen LogP contribution in [0, 0.1) is 0 Å².